The molecule has 0 fully saturated rings. The molecule has 4 aromatic rings. The second-order valence-corrected chi connectivity index (χ2v) is 7.07. The Hall–Kier alpha value is -3.47. The third kappa shape index (κ3) is 4.35. The summed E-state index contributed by atoms with van der Waals surface area (Å²) in [7, 11) is 0. The summed E-state index contributed by atoms with van der Waals surface area (Å²) < 4.78 is 43.5. The lowest BCUT2D eigenvalue weighted by Crippen LogP contribution is -2.13. The number of anilines is 1. The molecule has 0 saturated heterocycles. The lowest BCUT2D eigenvalue weighted by molar-refractivity contribution is -0.159. The molecule has 1 aromatic carbocycles. The molecule has 3 aromatic heterocycles. The van der Waals surface area contributed by atoms with Gasteiger partial charge in [-0.25, -0.2) is 0 Å². The van der Waals surface area contributed by atoms with Gasteiger partial charge in [0, 0.05) is 16.8 Å². The normalized spacial score (nSPS) is 11.6. The largest absolute Gasteiger partial charge is 0.471 e. The van der Waals surface area contributed by atoms with Crippen LogP contribution in [0.1, 0.15) is 21.3 Å². The number of hydrogen-bond acceptors (Lipinski definition) is 6. The van der Waals surface area contributed by atoms with E-state index in [2.05, 4.69) is 25.1 Å². The number of thiophene rings is 1. The van der Waals surface area contributed by atoms with Gasteiger partial charge in [0.25, 0.3) is 5.91 Å². The van der Waals surface area contributed by atoms with Crippen LogP contribution in [0.5, 0.6) is 0 Å². The number of benzene rings is 1. The molecule has 0 atom stereocenters. The van der Waals surface area contributed by atoms with Gasteiger partial charge in [0.15, 0.2) is 5.69 Å². The van der Waals surface area contributed by atoms with Gasteiger partial charge in [-0.15, -0.1) is 11.3 Å². The maximum absolute atomic E-state index is 12.6. The monoisotopic (exact) mass is 419 g/mol. The Balaban J connectivity index is 1.43. The first-order chi connectivity index (χ1) is 13.9. The first-order valence-corrected chi connectivity index (χ1v) is 9.10. The fourth-order valence-corrected chi connectivity index (χ4v) is 3.39. The van der Waals surface area contributed by atoms with Crippen molar-refractivity contribution < 1.29 is 22.5 Å². The van der Waals surface area contributed by atoms with Gasteiger partial charge < -0.3 is 9.84 Å². The average molecular weight is 419 g/mol. The molecule has 0 radical (unpaired) electrons. The molecule has 0 unspecified atom stereocenters. The zero-order chi connectivity index (χ0) is 20.4. The van der Waals surface area contributed by atoms with Crippen molar-refractivity contribution in [1.82, 2.24) is 19.9 Å². The van der Waals surface area contributed by atoms with E-state index in [-0.39, 0.29) is 17.4 Å². The van der Waals surface area contributed by atoms with Crippen molar-refractivity contribution in [1.29, 1.82) is 0 Å². The number of aromatic nitrogens is 4. The number of carbonyl (C=O) groups is 1. The number of amides is 1. The van der Waals surface area contributed by atoms with Crippen molar-refractivity contribution in [3.63, 3.8) is 0 Å². The lowest BCUT2D eigenvalue weighted by atomic mass is 10.3. The molecule has 0 saturated carbocycles. The molecular formula is C18H12F3N5O2S. The predicted molar refractivity (Wildman–Crippen MR) is 98.3 cm³/mol. The third-order valence-corrected chi connectivity index (χ3v) is 4.84. The van der Waals surface area contributed by atoms with Crippen LogP contribution < -0.4 is 5.32 Å². The molecule has 29 heavy (non-hydrogen) atoms. The Morgan fingerprint density at radius 1 is 1.14 bits per heavy atom. The van der Waals surface area contributed by atoms with Gasteiger partial charge >= 0.3 is 12.1 Å². The van der Waals surface area contributed by atoms with Gasteiger partial charge in [0.1, 0.15) is 0 Å². The number of nitrogens with one attached hydrogen (secondary N) is 1. The summed E-state index contributed by atoms with van der Waals surface area (Å²) in [5, 5.41) is 10.3. The molecule has 148 valence electrons. The predicted octanol–water partition coefficient (Wildman–Crippen LogP) is 4.31. The van der Waals surface area contributed by atoms with E-state index >= 15 is 0 Å². The minimum absolute atomic E-state index is 0.128. The molecule has 0 aliphatic rings. The van der Waals surface area contributed by atoms with Crippen LogP contribution in [0.4, 0.5) is 18.9 Å². The van der Waals surface area contributed by atoms with Crippen molar-refractivity contribution in [2.75, 3.05) is 5.32 Å². The number of alkyl halides is 3. The molecule has 7 nitrogen and oxygen atoms in total. The molecular weight excluding hydrogens is 407 g/mol. The summed E-state index contributed by atoms with van der Waals surface area (Å²) >= 11 is 1.21. The molecule has 4 rings (SSSR count). The van der Waals surface area contributed by atoms with Crippen molar-refractivity contribution in [2.24, 2.45) is 0 Å². The van der Waals surface area contributed by atoms with E-state index in [1.165, 1.54) is 11.3 Å². The summed E-state index contributed by atoms with van der Waals surface area (Å²) in [5.74, 6) is -1.85. The Kier molecular flexibility index (Phi) is 4.89. The van der Waals surface area contributed by atoms with Crippen LogP contribution in [0.3, 0.4) is 0 Å². The zero-order valence-corrected chi connectivity index (χ0v) is 15.4. The summed E-state index contributed by atoms with van der Waals surface area (Å²) in [5.41, 5.74) is 0.909. The lowest BCUT2D eigenvalue weighted by Gasteiger charge is -2.02. The van der Waals surface area contributed by atoms with E-state index in [9.17, 15) is 18.0 Å². The molecule has 1 amide bonds. The highest BCUT2D eigenvalue weighted by Crippen LogP contribution is 2.31. The van der Waals surface area contributed by atoms with Gasteiger partial charge in [-0.1, -0.05) is 23.4 Å². The van der Waals surface area contributed by atoms with Crippen LogP contribution in [0.25, 0.3) is 10.7 Å². The van der Waals surface area contributed by atoms with Gasteiger partial charge in [-0.3, -0.25) is 9.48 Å². The Bertz CT molecular complexity index is 1130. The Labute approximate surface area is 165 Å². The highest BCUT2D eigenvalue weighted by Gasteiger charge is 2.38. The maximum atomic E-state index is 12.6. The Morgan fingerprint density at radius 2 is 1.93 bits per heavy atom. The number of nitrogens with zero attached hydrogens (tertiary/aromatic N) is 4. The molecule has 0 aliphatic heterocycles. The van der Waals surface area contributed by atoms with Crippen LogP contribution in [-0.4, -0.2) is 25.8 Å². The SMILES string of the molecule is O=C(Nc1ccccc1)c1ccn(Cc2ccc(-c3noc(C(F)(F)F)n3)s2)n1. The highest BCUT2D eigenvalue weighted by atomic mass is 32.1. The van der Waals surface area contributed by atoms with Gasteiger partial charge in [0.05, 0.1) is 11.4 Å². The standard InChI is InChI=1S/C18H12F3N5O2S/c19-18(20,21)17-23-15(25-28-17)14-7-6-12(29-14)10-26-9-8-13(24-26)16(27)22-11-4-2-1-3-5-11/h1-9H,10H2,(H,22,27). The fourth-order valence-electron chi connectivity index (χ4n) is 2.47. The molecule has 0 aliphatic carbocycles. The topological polar surface area (TPSA) is 85.8 Å². The molecule has 0 spiro atoms. The number of halogens is 3. The number of hydrogen-bond donors (Lipinski definition) is 1. The van der Waals surface area contributed by atoms with E-state index in [0.29, 0.717) is 17.1 Å². The summed E-state index contributed by atoms with van der Waals surface area (Å²) in [6.07, 6.45) is -3.04. The van der Waals surface area contributed by atoms with E-state index in [1.54, 1.807) is 41.2 Å². The zero-order valence-electron chi connectivity index (χ0n) is 14.6. The minimum atomic E-state index is -4.68. The fraction of sp³-hybridized carbons (Fsp3) is 0.111. The van der Waals surface area contributed by atoms with Crippen LogP contribution in [-0.2, 0) is 12.7 Å². The van der Waals surface area contributed by atoms with Gasteiger partial charge in [-0.05, 0) is 30.3 Å². The van der Waals surface area contributed by atoms with Crippen molar-refractivity contribution in [3.05, 3.63) is 71.2 Å². The second kappa shape index (κ2) is 7.51. The second-order valence-electron chi connectivity index (χ2n) is 5.91. The van der Waals surface area contributed by atoms with Crippen molar-refractivity contribution >= 4 is 22.9 Å². The smallest absolute Gasteiger partial charge is 0.329 e. The first kappa shape index (κ1) is 18.9. The highest BCUT2D eigenvalue weighted by molar-refractivity contribution is 7.15. The van der Waals surface area contributed by atoms with Crippen LogP contribution in [0, 0.1) is 0 Å². The molecule has 11 heteroatoms. The van der Waals surface area contributed by atoms with Crippen LogP contribution >= 0.6 is 11.3 Å². The molecule has 0 bridgehead atoms. The van der Waals surface area contributed by atoms with E-state index in [0.717, 1.165) is 4.88 Å². The quantitative estimate of drug-likeness (QED) is 0.521. The van der Waals surface area contributed by atoms with Crippen LogP contribution in [0.2, 0.25) is 0 Å². The van der Waals surface area contributed by atoms with Crippen LogP contribution in [0.15, 0.2) is 59.3 Å². The number of rotatable bonds is 5. The van der Waals surface area contributed by atoms with E-state index in [1.807, 2.05) is 18.2 Å². The summed E-state index contributed by atoms with van der Waals surface area (Å²) in [4.78, 5) is 16.9. The van der Waals surface area contributed by atoms with Crippen molar-refractivity contribution in [3.8, 4) is 10.7 Å². The third-order valence-electron chi connectivity index (χ3n) is 3.77. The van der Waals surface area contributed by atoms with E-state index < -0.39 is 12.1 Å². The average Bonchev–Trinajstić information content (AvgIpc) is 3.43. The van der Waals surface area contributed by atoms with Gasteiger partial charge in [-0.2, -0.15) is 23.3 Å². The van der Waals surface area contributed by atoms with Gasteiger partial charge in [0.2, 0.25) is 5.82 Å². The van der Waals surface area contributed by atoms with E-state index in [4.69, 9.17) is 0 Å². The maximum Gasteiger partial charge on any atom is 0.471 e. The molecule has 1 N–H and O–H groups in total. The molecule has 3 heterocycles. The number of carbonyl (C=O) groups excluding carboxylic acids is 1. The summed E-state index contributed by atoms with van der Waals surface area (Å²) in [6.45, 7) is 0.341. The minimum Gasteiger partial charge on any atom is -0.329 e. The summed E-state index contributed by atoms with van der Waals surface area (Å²) in [6, 6.07) is 13.9. The van der Waals surface area contributed by atoms with Crippen molar-refractivity contribution in [2.45, 2.75) is 12.7 Å². The first-order valence-electron chi connectivity index (χ1n) is 8.28. The Morgan fingerprint density at radius 3 is 2.66 bits per heavy atom. The number of para-hydroxylation sites is 1.